The third-order valence-corrected chi connectivity index (χ3v) is 13.0. The number of furan rings is 1. The number of nitrogens with one attached hydrogen (secondary N) is 3. The molecule has 5 atom stereocenters. The third-order valence-electron chi connectivity index (χ3n) is 11.1. The maximum atomic E-state index is 14.4. The molecule has 14 nitrogen and oxygen atoms in total. The summed E-state index contributed by atoms with van der Waals surface area (Å²) in [7, 11) is -3.94. The van der Waals surface area contributed by atoms with Gasteiger partial charge in [0.05, 0.1) is 17.4 Å². The lowest BCUT2D eigenvalue weighted by atomic mass is 10.1. The van der Waals surface area contributed by atoms with Crippen LogP contribution in [-0.4, -0.2) is 81.6 Å². The molecule has 2 aliphatic carbocycles. The highest BCUT2D eigenvalue weighted by atomic mass is 32.2. The van der Waals surface area contributed by atoms with E-state index in [0.717, 1.165) is 25.0 Å². The Kier molecular flexibility index (Phi) is 10.3. The smallest absolute Gasteiger partial charge is 0.416 e. The fourth-order valence-corrected chi connectivity index (χ4v) is 9.27. The lowest BCUT2D eigenvalue weighted by Crippen LogP contribution is -2.58. The van der Waals surface area contributed by atoms with E-state index in [4.69, 9.17) is 27.1 Å². The average molecular weight is 840 g/mol. The van der Waals surface area contributed by atoms with Crippen molar-refractivity contribution in [1.82, 2.24) is 30.2 Å². The molecule has 4 aromatic rings. The number of alkyl halides is 3. The Labute approximate surface area is 336 Å². The molecule has 2 aromatic carbocycles. The van der Waals surface area contributed by atoms with Crippen LogP contribution in [0.1, 0.15) is 63.4 Å². The molecule has 1 saturated heterocycles. The number of allylic oxidation sites excluding steroid dienone is 1. The van der Waals surface area contributed by atoms with Crippen LogP contribution < -0.4 is 25.8 Å². The van der Waals surface area contributed by atoms with E-state index in [9.17, 15) is 36.0 Å². The molecule has 2 aromatic heterocycles. The Morgan fingerprint density at radius 2 is 1.81 bits per heavy atom. The first kappa shape index (κ1) is 39.5. The van der Waals surface area contributed by atoms with Crippen molar-refractivity contribution >= 4 is 67.1 Å². The van der Waals surface area contributed by atoms with Gasteiger partial charge in [-0.2, -0.15) is 18.2 Å². The minimum absolute atomic E-state index is 0.0482. The van der Waals surface area contributed by atoms with Crippen molar-refractivity contribution in [1.29, 1.82) is 0 Å². The van der Waals surface area contributed by atoms with Gasteiger partial charge in [-0.3, -0.25) is 19.1 Å². The molecule has 4 aliphatic rings. The molecule has 4 heterocycles. The zero-order valence-electron chi connectivity index (χ0n) is 31.0. The topological polar surface area (TPSA) is 199 Å². The normalized spacial score (nSPS) is 25.6. The molecule has 8 rings (SSSR count). The Morgan fingerprint density at radius 3 is 2.53 bits per heavy atom. The molecular weight excluding hydrogens is 800 g/mol. The average Bonchev–Trinajstić information content (AvgIpc) is 4.08. The SMILES string of the molecule is NC(=S)N[C@H]1CCCCCC=C[C@@H]2C[C@@]2(C(=O)NS(=O)(=O)C2CC2)NC(=O)[C@@H]2C[C@@H](Oc3nc(-c4ccc(C(F)(F)F)cc4)nc4c3oc3ccccc34)CN2C1=O. The van der Waals surface area contributed by atoms with Gasteiger partial charge in [-0.15, -0.1) is 0 Å². The van der Waals surface area contributed by atoms with E-state index in [2.05, 4.69) is 25.3 Å². The van der Waals surface area contributed by atoms with Gasteiger partial charge in [0.25, 0.3) is 11.8 Å². The largest absolute Gasteiger partial charge is 0.470 e. The molecule has 3 amide bonds. The summed E-state index contributed by atoms with van der Waals surface area (Å²) in [6, 6.07) is 9.27. The van der Waals surface area contributed by atoms with Gasteiger partial charge in [-0.1, -0.05) is 49.3 Å². The highest BCUT2D eigenvalue weighted by Gasteiger charge is 2.62. The van der Waals surface area contributed by atoms with Crippen LogP contribution in [0.2, 0.25) is 0 Å². The first-order chi connectivity index (χ1) is 27.6. The van der Waals surface area contributed by atoms with Gasteiger partial charge in [0, 0.05) is 23.3 Å². The molecule has 0 unspecified atom stereocenters. The second-order valence-corrected chi connectivity index (χ2v) is 17.7. The number of para-hydroxylation sites is 1. The number of ether oxygens (including phenoxy) is 1. The summed E-state index contributed by atoms with van der Waals surface area (Å²) in [4.78, 5) is 53.1. The number of benzene rings is 2. The molecule has 0 bridgehead atoms. The molecule has 0 radical (unpaired) electrons. The number of nitrogens with two attached hydrogens (primary N) is 1. The Bertz CT molecular complexity index is 2440. The Balaban J connectivity index is 1.14. The van der Waals surface area contributed by atoms with Crippen LogP contribution in [0.4, 0.5) is 13.2 Å². The summed E-state index contributed by atoms with van der Waals surface area (Å²) in [5.74, 6) is -2.53. The number of halogens is 3. The molecule has 19 heteroatoms. The van der Waals surface area contributed by atoms with Crippen molar-refractivity contribution in [2.24, 2.45) is 11.7 Å². The highest BCUT2D eigenvalue weighted by molar-refractivity contribution is 7.91. The Hall–Kier alpha value is -5.30. The quantitative estimate of drug-likeness (QED) is 0.149. The summed E-state index contributed by atoms with van der Waals surface area (Å²) >= 11 is 5.12. The molecule has 58 heavy (non-hydrogen) atoms. The zero-order chi connectivity index (χ0) is 41.0. The van der Waals surface area contributed by atoms with E-state index in [1.807, 2.05) is 12.2 Å². The van der Waals surface area contributed by atoms with E-state index < -0.39 is 74.4 Å². The minimum atomic E-state index is -4.55. The van der Waals surface area contributed by atoms with Crippen LogP contribution in [-0.2, 0) is 30.6 Å². The fraction of sp³-hybridized carbons (Fsp3) is 0.436. The molecule has 306 valence electrons. The Morgan fingerprint density at radius 1 is 1.05 bits per heavy atom. The number of aromatic nitrogens is 2. The summed E-state index contributed by atoms with van der Waals surface area (Å²) in [5.41, 5.74) is 4.63. The predicted octanol–water partition coefficient (Wildman–Crippen LogP) is 4.62. The van der Waals surface area contributed by atoms with Crippen molar-refractivity contribution in [3.63, 3.8) is 0 Å². The maximum absolute atomic E-state index is 14.4. The van der Waals surface area contributed by atoms with Gasteiger partial charge >= 0.3 is 6.18 Å². The molecule has 5 N–H and O–H groups in total. The van der Waals surface area contributed by atoms with Crippen LogP contribution in [0.25, 0.3) is 33.5 Å². The highest BCUT2D eigenvalue weighted by Crippen LogP contribution is 2.46. The van der Waals surface area contributed by atoms with E-state index in [1.54, 1.807) is 24.3 Å². The van der Waals surface area contributed by atoms with Crippen LogP contribution in [0.15, 0.2) is 65.1 Å². The molecular formula is C39H40F3N7O7S2. The summed E-state index contributed by atoms with van der Waals surface area (Å²) in [6.45, 7) is -0.133. The van der Waals surface area contributed by atoms with Crippen LogP contribution in [0.5, 0.6) is 5.88 Å². The number of hydrogen-bond acceptors (Lipinski definition) is 10. The van der Waals surface area contributed by atoms with Gasteiger partial charge in [0.15, 0.2) is 10.9 Å². The van der Waals surface area contributed by atoms with Crippen molar-refractivity contribution in [3.8, 4) is 17.3 Å². The summed E-state index contributed by atoms with van der Waals surface area (Å²) in [6.07, 6.45) is 2.45. The lowest BCUT2D eigenvalue weighted by molar-refractivity contribution is -0.141. The van der Waals surface area contributed by atoms with Crippen LogP contribution in [0, 0.1) is 5.92 Å². The monoisotopic (exact) mass is 839 g/mol. The number of sulfonamides is 1. The standard InChI is InChI=1S/C39H40F3N7O7S2/c40-39(41,42)22-14-12-21(13-15-22)32-45-30-26-9-6-7-11-29(26)56-31(30)34(46-32)55-24-18-28-33(50)47-38(36(52)48-58(53,54)25-16-17-25)19-23(38)8-4-2-1-3-5-10-27(44-37(43)57)35(51)49(28)20-24/h4,6-9,11-15,23-25,27-28H,1-3,5,10,16-20H2,(H,47,50)(H,48,52)(H3,43,44,57)/t23-,24-,27+,28+,38-/m1/s1. The number of hydrogen-bond donors (Lipinski definition) is 4. The van der Waals surface area contributed by atoms with Gasteiger partial charge in [0.2, 0.25) is 27.4 Å². The van der Waals surface area contributed by atoms with Gasteiger partial charge in [-0.05, 0) is 75.0 Å². The van der Waals surface area contributed by atoms with Crippen molar-refractivity contribution in [2.75, 3.05) is 6.54 Å². The number of carbonyl (C=O) groups excluding carboxylic acids is 3. The predicted molar refractivity (Wildman–Crippen MR) is 209 cm³/mol. The number of amides is 3. The number of thiocarbonyl (C=S) groups is 1. The van der Waals surface area contributed by atoms with Gasteiger partial charge in [-0.25, -0.2) is 13.4 Å². The molecule has 2 saturated carbocycles. The van der Waals surface area contributed by atoms with E-state index in [1.165, 1.54) is 17.0 Å². The third kappa shape index (κ3) is 7.93. The fourth-order valence-electron chi connectivity index (χ4n) is 7.76. The van der Waals surface area contributed by atoms with E-state index in [-0.39, 0.29) is 47.3 Å². The maximum Gasteiger partial charge on any atom is 0.416 e. The van der Waals surface area contributed by atoms with E-state index in [0.29, 0.717) is 48.6 Å². The number of nitrogens with zero attached hydrogens (tertiary/aromatic N) is 3. The first-order valence-corrected chi connectivity index (χ1v) is 21.0. The van der Waals surface area contributed by atoms with Crippen molar-refractivity contribution in [2.45, 2.75) is 92.9 Å². The molecule has 3 fully saturated rings. The van der Waals surface area contributed by atoms with E-state index >= 15 is 0 Å². The van der Waals surface area contributed by atoms with Crippen LogP contribution >= 0.6 is 12.2 Å². The number of rotatable bonds is 7. The van der Waals surface area contributed by atoms with Crippen molar-refractivity contribution in [3.05, 3.63) is 66.2 Å². The second kappa shape index (κ2) is 15.1. The van der Waals surface area contributed by atoms with Crippen molar-refractivity contribution < 1.29 is 45.1 Å². The summed E-state index contributed by atoms with van der Waals surface area (Å²) < 4.78 is 80.7. The second-order valence-electron chi connectivity index (χ2n) is 15.3. The van der Waals surface area contributed by atoms with Crippen LogP contribution in [0.3, 0.4) is 0 Å². The van der Waals surface area contributed by atoms with Gasteiger partial charge < -0.3 is 30.4 Å². The number of fused-ring (bicyclic) bond motifs is 5. The van der Waals surface area contributed by atoms with Gasteiger partial charge in [0.1, 0.15) is 34.8 Å². The minimum Gasteiger partial charge on any atom is -0.470 e. The summed E-state index contributed by atoms with van der Waals surface area (Å²) in [5, 5.41) is 5.53. The molecule has 0 spiro atoms. The lowest BCUT2D eigenvalue weighted by Gasteiger charge is -2.30. The first-order valence-electron chi connectivity index (χ1n) is 19.1. The number of carbonyl (C=O) groups is 3. The molecule has 2 aliphatic heterocycles. The zero-order valence-corrected chi connectivity index (χ0v) is 32.6.